The molecule has 1 aromatic rings. The molecule has 90 valence electrons. The number of benzene rings is 1. The Morgan fingerprint density at radius 3 is 2.31 bits per heavy atom. The highest BCUT2D eigenvalue weighted by molar-refractivity contribution is 5.21. The molecule has 1 nitrogen and oxygen atoms in total. The molecule has 0 heterocycles. The molecule has 0 atom stereocenters. The van der Waals surface area contributed by atoms with Crippen LogP contribution in [0.15, 0.2) is 24.3 Å². The van der Waals surface area contributed by atoms with Crippen LogP contribution in [0.1, 0.15) is 43.7 Å². The molecule has 0 bridgehead atoms. The molecule has 1 aromatic carbocycles. The van der Waals surface area contributed by atoms with Crippen molar-refractivity contribution in [3.05, 3.63) is 35.4 Å². The van der Waals surface area contributed by atoms with E-state index in [9.17, 15) is 0 Å². The Hall–Kier alpha value is -0.820. The summed E-state index contributed by atoms with van der Waals surface area (Å²) in [4.78, 5) is 0. The van der Waals surface area contributed by atoms with Crippen LogP contribution in [0.25, 0.3) is 0 Å². The van der Waals surface area contributed by atoms with Crippen LogP contribution >= 0.6 is 0 Å². The van der Waals surface area contributed by atoms with Crippen molar-refractivity contribution >= 4 is 0 Å². The fourth-order valence-electron chi connectivity index (χ4n) is 1.64. The number of unbranched alkanes of at least 4 members (excludes halogenated alkanes) is 2. The molecule has 0 saturated heterocycles. The van der Waals surface area contributed by atoms with E-state index in [0.29, 0.717) is 0 Å². The van der Waals surface area contributed by atoms with Gasteiger partial charge in [-0.15, -0.1) is 0 Å². The van der Waals surface area contributed by atoms with E-state index in [1.54, 1.807) is 0 Å². The maximum absolute atomic E-state index is 5.53. The summed E-state index contributed by atoms with van der Waals surface area (Å²) >= 11 is 0. The topological polar surface area (TPSA) is 9.23 Å². The minimum absolute atomic E-state index is 0.922. The zero-order valence-electron chi connectivity index (χ0n) is 10.7. The molecule has 1 heteroatoms. The molecule has 0 radical (unpaired) electrons. The Labute approximate surface area is 99.8 Å². The quantitative estimate of drug-likeness (QED) is 0.598. The summed E-state index contributed by atoms with van der Waals surface area (Å²) in [5.41, 5.74) is 2.78. The average Bonchev–Trinajstić information content (AvgIpc) is 2.30. The summed E-state index contributed by atoms with van der Waals surface area (Å²) in [6, 6.07) is 8.83. The lowest BCUT2D eigenvalue weighted by molar-refractivity contribution is 0.127. The van der Waals surface area contributed by atoms with Crippen LogP contribution in [0.4, 0.5) is 0 Å². The molecule has 0 unspecified atom stereocenters. The van der Waals surface area contributed by atoms with Crippen molar-refractivity contribution in [2.75, 3.05) is 13.2 Å². The van der Waals surface area contributed by atoms with Gasteiger partial charge in [0.05, 0.1) is 0 Å². The van der Waals surface area contributed by atoms with Gasteiger partial charge in [-0.1, -0.05) is 43.2 Å². The molecule has 0 aliphatic heterocycles. The van der Waals surface area contributed by atoms with Crippen molar-refractivity contribution in [1.82, 2.24) is 0 Å². The van der Waals surface area contributed by atoms with E-state index in [2.05, 4.69) is 38.1 Å². The molecule has 0 N–H and O–H groups in total. The first kappa shape index (κ1) is 13.2. The van der Waals surface area contributed by atoms with E-state index in [0.717, 1.165) is 13.2 Å². The van der Waals surface area contributed by atoms with Gasteiger partial charge in [-0.05, 0) is 38.2 Å². The fraction of sp³-hybridized carbons (Fsp3) is 0.600. The van der Waals surface area contributed by atoms with Gasteiger partial charge < -0.3 is 4.74 Å². The predicted octanol–water partition coefficient (Wildman–Crippen LogP) is 4.13. The Kier molecular flexibility index (Phi) is 6.91. The minimum atomic E-state index is 0.922. The highest BCUT2D eigenvalue weighted by atomic mass is 16.5. The van der Waals surface area contributed by atoms with Crippen molar-refractivity contribution < 1.29 is 4.74 Å². The summed E-state index contributed by atoms with van der Waals surface area (Å²) < 4.78 is 5.53. The first-order valence-corrected chi connectivity index (χ1v) is 6.46. The SMILES string of the molecule is CCCCOCCCCc1ccc(C)cc1. The third-order valence-electron chi connectivity index (χ3n) is 2.77. The Morgan fingerprint density at radius 1 is 0.938 bits per heavy atom. The second-order valence-corrected chi connectivity index (χ2v) is 4.41. The highest BCUT2D eigenvalue weighted by Gasteiger charge is 1.93. The monoisotopic (exact) mass is 220 g/mol. The summed E-state index contributed by atoms with van der Waals surface area (Å²) in [7, 11) is 0. The van der Waals surface area contributed by atoms with Gasteiger partial charge in [0.25, 0.3) is 0 Å². The van der Waals surface area contributed by atoms with Crippen molar-refractivity contribution in [3.8, 4) is 0 Å². The molecule has 0 spiro atoms. The van der Waals surface area contributed by atoms with Gasteiger partial charge in [0, 0.05) is 13.2 Å². The van der Waals surface area contributed by atoms with Gasteiger partial charge >= 0.3 is 0 Å². The zero-order valence-corrected chi connectivity index (χ0v) is 10.7. The first-order valence-electron chi connectivity index (χ1n) is 6.46. The standard InChI is InChI=1S/C15H24O/c1-3-4-12-16-13-6-5-7-15-10-8-14(2)9-11-15/h8-11H,3-7,12-13H2,1-2H3. The number of rotatable bonds is 8. The molecular weight excluding hydrogens is 196 g/mol. The predicted molar refractivity (Wildman–Crippen MR) is 69.8 cm³/mol. The van der Waals surface area contributed by atoms with Gasteiger partial charge in [0.1, 0.15) is 0 Å². The summed E-state index contributed by atoms with van der Waals surface area (Å²) in [5, 5.41) is 0. The normalized spacial score (nSPS) is 10.6. The van der Waals surface area contributed by atoms with Crippen LogP contribution in [-0.2, 0) is 11.2 Å². The third-order valence-corrected chi connectivity index (χ3v) is 2.77. The van der Waals surface area contributed by atoms with E-state index in [4.69, 9.17) is 4.74 Å². The molecule has 0 saturated carbocycles. The summed E-state index contributed by atoms with van der Waals surface area (Å²) in [5.74, 6) is 0. The third kappa shape index (κ3) is 5.92. The fourth-order valence-corrected chi connectivity index (χ4v) is 1.64. The highest BCUT2D eigenvalue weighted by Crippen LogP contribution is 2.07. The van der Waals surface area contributed by atoms with Gasteiger partial charge in [0.15, 0.2) is 0 Å². The number of aryl methyl sites for hydroxylation is 2. The number of ether oxygens (including phenoxy) is 1. The van der Waals surface area contributed by atoms with Gasteiger partial charge in [-0.2, -0.15) is 0 Å². The molecule has 0 aliphatic rings. The van der Waals surface area contributed by atoms with Crippen molar-refractivity contribution in [3.63, 3.8) is 0 Å². The van der Waals surface area contributed by atoms with Crippen LogP contribution in [0.3, 0.4) is 0 Å². The van der Waals surface area contributed by atoms with Gasteiger partial charge in [-0.25, -0.2) is 0 Å². The maximum Gasteiger partial charge on any atom is 0.0466 e. The summed E-state index contributed by atoms with van der Waals surface area (Å²) in [6.45, 7) is 6.18. The van der Waals surface area contributed by atoms with E-state index in [1.807, 2.05) is 0 Å². The van der Waals surface area contributed by atoms with Crippen molar-refractivity contribution in [2.45, 2.75) is 46.0 Å². The molecule has 1 rings (SSSR count). The van der Waals surface area contributed by atoms with E-state index >= 15 is 0 Å². The molecule has 16 heavy (non-hydrogen) atoms. The van der Waals surface area contributed by atoms with Crippen molar-refractivity contribution in [1.29, 1.82) is 0 Å². The lowest BCUT2D eigenvalue weighted by atomic mass is 10.1. The zero-order chi connectivity index (χ0) is 11.6. The van der Waals surface area contributed by atoms with Crippen LogP contribution in [0, 0.1) is 6.92 Å². The summed E-state index contributed by atoms with van der Waals surface area (Å²) in [6.07, 6.45) is 6.01. The lowest BCUT2D eigenvalue weighted by Crippen LogP contribution is -1.97. The minimum Gasteiger partial charge on any atom is -0.381 e. The molecule has 0 amide bonds. The average molecular weight is 220 g/mol. The number of hydrogen-bond donors (Lipinski definition) is 0. The van der Waals surface area contributed by atoms with Crippen LogP contribution in [-0.4, -0.2) is 13.2 Å². The van der Waals surface area contributed by atoms with Crippen LogP contribution in [0.5, 0.6) is 0 Å². The van der Waals surface area contributed by atoms with E-state index in [-0.39, 0.29) is 0 Å². The molecule has 0 aliphatic carbocycles. The van der Waals surface area contributed by atoms with Crippen molar-refractivity contribution in [2.24, 2.45) is 0 Å². The molecule has 0 fully saturated rings. The van der Waals surface area contributed by atoms with E-state index in [1.165, 1.54) is 43.2 Å². The number of hydrogen-bond acceptors (Lipinski definition) is 1. The largest absolute Gasteiger partial charge is 0.381 e. The van der Waals surface area contributed by atoms with Crippen LogP contribution in [0.2, 0.25) is 0 Å². The lowest BCUT2D eigenvalue weighted by Gasteiger charge is -2.04. The smallest absolute Gasteiger partial charge is 0.0466 e. The Balaban J connectivity index is 2.01. The maximum atomic E-state index is 5.53. The molecule has 0 aromatic heterocycles. The Bertz CT molecular complexity index is 263. The first-order chi connectivity index (χ1) is 7.83. The Morgan fingerprint density at radius 2 is 1.62 bits per heavy atom. The molecular formula is C15H24O. The second kappa shape index (κ2) is 8.35. The second-order valence-electron chi connectivity index (χ2n) is 4.41. The van der Waals surface area contributed by atoms with Crippen LogP contribution < -0.4 is 0 Å². The van der Waals surface area contributed by atoms with Gasteiger partial charge in [0.2, 0.25) is 0 Å². The van der Waals surface area contributed by atoms with Gasteiger partial charge in [-0.3, -0.25) is 0 Å². The van der Waals surface area contributed by atoms with E-state index < -0.39 is 0 Å².